The minimum Gasteiger partial charge on any atom is -0.371 e. The Kier molecular flexibility index (Phi) is 16.5. The van der Waals surface area contributed by atoms with Crippen LogP contribution in [-0.4, -0.2) is 50.5 Å². The van der Waals surface area contributed by atoms with E-state index in [1.165, 1.54) is 84.9 Å². The van der Waals surface area contributed by atoms with Gasteiger partial charge in [0, 0.05) is 0 Å². The van der Waals surface area contributed by atoms with Crippen molar-refractivity contribution in [3.8, 4) is 72.5 Å². The molecule has 0 atom stereocenters. The highest BCUT2D eigenvalue weighted by Gasteiger charge is 2.31. The Morgan fingerprint density at radius 2 is 0.403 bits per heavy atom. The lowest BCUT2D eigenvalue weighted by Crippen LogP contribution is -2.05. The summed E-state index contributed by atoms with van der Waals surface area (Å²) in [4.78, 5) is -2.12. The fraction of sp³-hybridized carbons (Fsp3) is 0. The second kappa shape index (κ2) is 21.4. The SMILES string of the molecule is O=S(=O)(Cl)Oc1ccc(-c2c(-c3ccc(S(=O)(=O)OCl)cc3)c(-c3ccc(S(=O)(=O)OCl)cc3)c(-c3ccc(S(=O)(=O)OCl)cc3)c(-c3ccc(S(=O)(=O)OCl)cc3)c2-c2ccc(S(=O)(=O)OCl)cc2)cc1. The van der Waals surface area contributed by atoms with Gasteiger partial charge in [-0.1, -0.05) is 72.8 Å². The van der Waals surface area contributed by atoms with Crippen molar-refractivity contribution >= 4 is 130 Å². The molecule has 0 aromatic heterocycles. The standard InChI is InChI=1S/C42H24Cl6O18S6/c43-62-67(49,50)32-15-3-26(4-16-32)38-37(25-1-13-31(14-2-25)61-72(48,59)60)39(27-5-17-33(18-6-27)68(51,52)63-44)41(29-9-21-35(22-10-29)70(55,56)65-46)42(30-11-23-36(24-12-30)71(57,58)66-47)40(38)28-7-19-34(20-8-28)69(53,54)64-45/h1-24H. The Hall–Kier alpha value is -4.42. The molecule has 0 aliphatic carbocycles. The summed E-state index contributed by atoms with van der Waals surface area (Å²) in [6.45, 7) is 0. The van der Waals surface area contributed by atoms with E-state index in [0.717, 1.165) is 60.7 Å². The second-order valence-corrected chi connectivity index (χ2v) is 26.0. The van der Waals surface area contributed by atoms with Gasteiger partial charge in [0.15, 0.2) is 0 Å². The van der Waals surface area contributed by atoms with Crippen LogP contribution in [-0.2, 0) is 78.6 Å². The van der Waals surface area contributed by atoms with Crippen LogP contribution >= 0.6 is 70.0 Å². The average Bonchev–Trinajstić information content (AvgIpc) is 3.37. The molecule has 0 N–H and O–H groups in total. The molecule has 30 heteroatoms. The van der Waals surface area contributed by atoms with E-state index in [-0.39, 0.29) is 72.5 Å². The van der Waals surface area contributed by atoms with Gasteiger partial charge < -0.3 is 4.18 Å². The third-order valence-electron chi connectivity index (χ3n) is 10.4. The highest BCUT2D eigenvalue weighted by atomic mass is 35.7. The fourth-order valence-electron chi connectivity index (χ4n) is 7.40. The molecule has 72 heavy (non-hydrogen) atoms. The maximum atomic E-state index is 12.9. The van der Waals surface area contributed by atoms with Crippen molar-refractivity contribution in [3.63, 3.8) is 0 Å². The zero-order valence-corrected chi connectivity index (χ0v) is 44.4. The van der Waals surface area contributed by atoms with Crippen molar-refractivity contribution in [2.24, 2.45) is 0 Å². The van der Waals surface area contributed by atoms with E-state index in [0.29, 0.717) is 0 Å². The molecule has 0 spiro atoms. The summed E-state index contributed by atoms with van der Waals surface area (Å²) in [7, 11) is -21.9. The highest BCUT2D eigenvalue weighted by Crippen LogP contribution is 2.56. The van der Waals surface area contributed by atoms with E-state index >= 15 is 0 Å². The number of halogens is 6. The molecule has 0 radical (unpaired) electrons. The van der Waals surface area contributed by atoms with Gasteiger partial charge in [-0.15, -0.1) is 0 Å². The molecule has 7 aromatic rings. The van der Waals surface area contributed by atoms with E-state index in [4.69, 9.17) is 74.2 Å². The normalized spacial score (nSPS) is 12.7. The molecule has 7 rings (SSSR count). The molecule has 378 valence electrons. The lowest BCUT2D eigenvalue weighted by molar-refractivity contribution is 0.502. The monoisotopic (exact) mass is 1220 g/mol. The van der Waals surface area contributed by atoms with Gasteiger partial charge >= 0.3 is 59.9 Å². The minimum absolute atomic E-state index is 0.141. The summed E-state index contributed by atoms with van der Waals surface area (Å²) < 4.78 is 179. The molecule has 0 amide bonds. The number of hydrogen-bond donors (Lipinski definition) is 0. The van der Waals surface area contributed by atoms with Gasteiger partial charge in [0.05, 0.1) is 94.5 Å². The van der Waals surface area contributed by atoms with Gasteiger partial charge in [0.2, 0.25) is 0 Å². The Bertz CT molecular complexity index is 3730. The van der Waals surface area contributed by atoms with Crippen molar-refractivity contribution in [3.05, 3.63) is 146 Å². The van der Waals surface area contributed by atoms with E-state index < -0.39 is 84.4 Å². The Morgan fingerprint density at radius 1 is 0.250 bits per heavy atom. The minimum atomic E-state index is -4.60. The van der Waals surface area contributed by atoms with E-state index in [1.54, 1.807) is 0 Å². The van der Waals surface area contributed by atoms with Gasteiger partial charge in [0.1, 0.15) is 5.75 Å². The molecule has 7 aromatic carbocycles. The van der Waals surface area contributed by atoms with Crippen LogP contribution in [0.4, 0.5) is 0 Å². The summed E-state index contributed by atoms with van der Waals surface area (Å²) in [6, 6.07) is 30.1. The lowest BCUT2D eigenvalue weighted by atomic mass is 9.74. The van der Waals surface area contributed by atoms with Crippen LogP contribution in [0.5, 0.6) is 5.75 Å². The predicted octanol–water partition coefficient (Wildman–Crippen LogP) is 10.8. The van der Waals surface area contributed by atoms with Gasteiger partial charge in [-0.25, -0.2) is 0 Å². The molecule has 18 nitrogen and oxygen atoms in total. The zero-order valence-electron chi connectivity index (χ0n) is 34.9. The topological polar surface area (TPSA) is 260 Å². The van der Waals surface area contributed by atoms with Gasteiger partial charge in [-0.05, 0) is 140 Å². The summed E-state index contributed by atoms with van der Waals surface area (Å²) in [5.74, 6) is -0.271. The Morgan fingerprint density at radius 3 is 0.542 bits per heavy atom. The third-order valence-corrected chi connectivity index (χ3v) is 18.6. The van der Waals surface area contributed by atoms with Crippen molar-refractivity contribution in [2.45, 2.75) is 24.5 Å². The van der Waals surface area contributed by atoms with Gasteiger partial charge in [-0.3, -0.25) is 0 Å². The summed E-state index contributed by atoms with van der Waals surface area (Å²) in [5.41, 5.74) is 1.98. The predicted molar refractivity (Wildman–Crippen MR) is 265 cm³/mol. The van der Waals surface area contributed by atoms with Crippen molar-refractivity contribution in [1.82, 2.24) is 0 Å². The number of benzene rings is 7. The summed E-state index contributed by atoms with van der Waals surface area (Å²) in [5, 5.41) is 0. The number of hydrogen-bond acceptors (Lipinski definition) is 18. The third kappa shape index (κ3) is 11.6. The zero-order chi connectivity index (χ0) is 52.6. The highest BCUT2D eigenvalue weighted by molar-refractivity contribution is 8.10. The molecule has 0 saturated heterocycles. The molecule has 0 unspecified atom stereocenters. The largest absolute Gasteiger partial charge is 0.401 e. The van der Waals surface area contributed by atoms with Gasteiger partial charge in [0.25, 0.3) is 0 Å². The first-order valence-corrected chi connectivity index (χ1v) is 29.9. The van der Waals surface area contributed by atoms with Crippen LogP contribution in [0.1, 0.15) is 0 Å². The molecule has 0 aliphatic rings. The van der Waals surface area contributed by atoms with Crippen LogP contribution in [0, 0.1) is 0 Å². The molecule has 0 fully saturated rings. The van der Waals surface area contributed by atoms with Crippen LogP contribution in [0.15, 0.2) is 170 Å². The van der Waals surface area contributed by atoms with Crippen molar-refractivity contribution in [1.29, 1.82) is 0 Å². The molecule has 0 saturated carbocycles. The smallest absolute Gasteiger partial charge is 0.371 e. The summed E-state index contributed by atoms with van der Waals surface area (Å²) in [6.07, 6.45) is 0. The first kappa shape index (κ1) is 55.3. The van der Waals surface area contributed by atoms with Crippen LogP contribution in [0.3, 0.4) is 0 Å². The maximum absolute atomic E-state index is 12.9. The van der Waals surface area contributed by atoms with E-state index in [2.05, 4.69) is 18.7 Å². The molecular formula is C42H24Cl6O18S6. The van der Waals surface area contributed by atoms with E-state index in [9.17, 15) is 50.5 Å². The first-order chi connectivity index (χ1) is 33.8. The van der Waals surface area contributed by atoms with Crippen LogP contribution < -0.4 is 4.18 Å². The Labute approximate surface area is 442 Å². The molecular weight excluding hydrogens is 1200 g/mol. The van der Waals surface area contributed by atoms with Crippen LogP contribution in [0.25, 0.3) is 66.8 Å². The Balaban J connectivity index is 1.82. The molecule has 0 aliphatic heterocycles. The second-order valence-electron chi connectivity index (χ2n) is 14.5. The fourth-order valence-corrected chi connectivity index (χ4v) is 11.8. The molecule has 0 heterocycles. The quantitative estimate of drug-likeness (QED) is 0.0723. The number of rotatable bonds is 18. The lowest BCUT2D eigenvalue weighted by Gasteiger charge is -2.29. The molecule has 0 bridgehead atoms. The van der Waals surface area contributed by atoms with Crippen LogP contribution in [0.2, 0.25) is 0 Å². The average molecular weight is 1220 g/mol. The van der Waals surface area contributed by atoms with Crippen molar-refractivity contribution in [2.75, 3.05) is 0 Å². The van der Waals surface area contributed by atoms with Crippen molar-refractivity contribution < 1.29 is 73.4 Å². The maximum Gasteiger partial charge on any atom is 0.401 e. The first-order valence-electron chi connectivity index (χ1n) is 19.1. The summed E-state index contributed by atoms with van der Waals surface area (Å²) >= 11 is 26.7. The van der Waals surface area contributed by atoms with E-state index in [1.807, 2.05) is 0 Å². The van der Waals surface area contributed by atoms with Gasteiger partial charge in [-0.2, -0.15) is 69.2 Å².